The van der Waals surface area contributed by atoms with Gasteiger partial charge in [-0.05, 0) is 6.08 Å². The van der Waals surface area contributed by atoms with Gasteiger partial charge in [0.25, 0.3) is 0 Å². The Morgan fingerprint density at radius 3 is 1.44 bits per heavy atom. The van der Waals surface area contributed by atoms with Gasteiger partial charge >= 0.3 is 0 Å². The molecule has 0 aromatic rings. The minimum Gasteiger partial charge on any atom is -0.299 e. The smallest absolute Gasteiger partial charge is 0.142 e. The summed E-state index contributed by atoms with van der Waals surface area (Å²) in [6.45, 7) is 11.4. The van der Waals surface area contributed by atoms with Gasteiger partial charge in [0.1, 0.15) is 6.29 Å². The first kappa shape index (κ1) is 15.8. The Labute approximate surface area is 58.8 Å². The molecule has 0 aromatic heterocycles. The average Bonchev–Trinajstić information content (AvgIpc) is 1.94. The second kappa shape index (κ2) is 52.4. The third-order valence-corrected chi connectivity index (χ3v) is 0.0962. The largest absolute Gasteiger partial charge is 0.299 e. The maximum Gasteiger partial charge on any atom is 0.142 e. The van der Waals surface area contributed by atoms with E-state index >= 15 is 0 Å². The fourth-order valence-corrected chi connectivity index (χ4v) is 0. The molecule has 1 heteroatoms. The van der Waals surface area contributed by atoms with Gasteiger partial charge in [-0.2, -0.15) is 0 Å². The number of rotatable bonds is 1. The number of carbonyl (C=O) groups is 1. The lowest BCUT2D eigenvalue weighted by molar-refractivity contribution is -0.104. The zero-order chi connectivity index (χ0) is 8.12. The highest BCUT2D eigenvalue weighted by atomic mass is 16.1. The number of carbonyl (C=O) groups excluding carboxylic acids is 1. The van der Waals surface area contributed by atoms with Gasteiger partial charge in [-0.15, -0.1) is 0 Å². The van der Waals surface area contributed by atoms with Crippen molar-refractivity contribution < 1.29 is 4.79 Å². The molecule has 0 fully saturated rings. The summed E-state index contributed by atoms with van der Waals surface area (Å²) in [4.78, 5) is 9.06. The Balaban J connectivity index is -0.0000000646. The first-order chi connectivity index (χ1) is 4.33. The second-order valence-corrected chi connectivity index (χ2v) is 1.08. The lowest BCUT2D eigenvalue weighted by Gasteiger charge is -1.48. The van der Waals surface area contributed by atoms with Crippen LogP contribution in [0.1, 0.15) is 34.1 Å². The van der Waals surface area contributed by atoms with Gasteiger partial charge in [-0.25, -0.2) is 0 Å². The van der Waals surface area contributed by atoms with Crippen molar-refractivity contribution in [2.24, 2.45) is 0 Å². The Kier molecular flexibility index (Phi) is 91.9. The summed E-state index contributed by atoms with van der Waals surface area (Å²) >= 11 is 0. The Morgan fingerprint density at radius 2 is 1.44 bits per heavy atom. The molecule has 0 bridgehead atoms. The van der Waals surface area contributed by atoms with E-state index in [1.165, 1.54) is 12.5 Å². The molecule has 0 aromatic carbocycles. The molecule has 0 saturated carbocycles. The molecular formula is C8H18O. The summed E-state index contributed by atoms with van der Waals surface area (Å²) in [5.41, 5.74) is 0. The quantitative estimate of drug-likeness (QED) is 0.394. The predicted octanol–water partition coefficient (Wildman–Crippen LogP) is 2.81. The fourth-order valence-electron chi connectivity index (χ4n) is 0. The minimum absolute atomic E-state index is 0.639. The van der Waals surface area contributed by atoms with E-state index in [1.54, 1.807) is 0 Å². The van der Waals surface area contributed by atoms with Gasteiger partial charge in [0.15, 0.2) is 0 Å². The van der Waals surface area contributed by atoms with Crippen molar-refractivity contribution in [2.75, 3.05) is 0 Å². The van der Waals surface area contributed by atoms with Crippen molar-refractivity contribution in [1.82, 2.24) is 0 Å². The molecular weight excluding hydrogens is 112 g/mol. The molecule has 0 rings (SSSR count). The van der Waals surface area contributed by atoms with Crippen LogP contribution in [-0.2, 0) is 4.79 Å². The first-order valence-corrected chi connectivity index (χ1v) is 3.39. The monoisotopic (exact) mass is 130 g/mol. The van der Waals surface area contributed by atoms with Crippen molar-refractivity contribution in [3.63, 3.8) is 0 Å². The summed E-state index contributed by atoms with van der Waals surface area (Å²) in [5, 5.41) is 0. The fraction of sp³-hybridized carbons (Fsp3) is 0.625. The molecule has 0 aliphatic heterocycles. The Morgan fingerprint density at radius 1 is 1.33 bits per heavy atom. The number of hydrogen-bond acceptors (Lipinski definition) is 1. The van der Waals surface area contributed by atoms with Crippen LogP contribution in [-0.4, -0.2) is 6.29 Å². The summed E-state index contributed by atoms with van der Waals surface area (Å²) in [5.74, 6) is 0. The lowest BCUT2D eigenvalue weighted by Crippen LogP contribution is -1.44. The zero-order valence-electron chi connectivity index (χ0n) is 6.98. The van der Waals surface area contributed by atoms with Crippen molar-refractivity contribution >= 4 is 6.29 Å². The number of aldehydes is 1. The normalized spacial score (nSPS) is 4.89. The van der Waals surface area contributed by atoms with Crippen LogP contribution < -0.4 is 0 Å². The highest BCUT2D eigenvalue weighted by molar-refractivity contribution is 5.63. The second-order valence-electron chi connectivity index (χ2n) is 1.08. The van der Waals surface area contributed by atoms with Crippen LogP contribution in [0.15, 0.2) is 12.7 Å². The summed E-state index contributed by atoms with van der Waals surface area (Å²) in [7, 11) is 0. The van der Waals surface area contributed by atoms with E-state index in [9.17, 15) is 0 Å². The van der Waals surface area contributed by atoms with Gasteiger partial charge < -0.3 is 0 Å². The molecule has 0 saturated heterocycles. The van der Waals surface area contributed by atoms with E-state index in [2.05, 4.69) is 20.4 Å². The molecule has 0 aliphatic rings. The van der Waals surface area contributed by atoms with E-state index in [1.807, 2.05) is 13.8 Å². The maximum atomic E-state index is 9.06. The van der Waals surface area contributed by atoms with Crippen LogP contribution in [0.3, 0.4) is 0 Å². The van der Waals surface area contributed by atoms with Gasteiger partial charge in [0.2, 0.25) is 0 Å². The van der Waals surface area contributed by atoms with Gasteiger partial charge in [-0.1, -0.05) is 40.7 Å². The Bertz CT molecular complexity index is 33.8. The minimum atomic E-state index is 0.639. The highest BCUT2D eigenvalue weighted by Gasteiger charge is 1.38. The van der Waals surface area contributed by atoms with Crippen LogP contribution in [0.25, 0.3) is 0 Å². The van der Waals surface area contributed by atoms with Gasteiger partial charge in [-0.3, -0.25) is 4.79 Å². The lowest BCUT2D eigenvalue weighted by atomic mass is 10.6. The third-order valence-electron chi connectivity index (χ3n) is 0.0962. The molecule has 0 unspecified atom stereocenters. The molecule has 0 amide bonds. The molecule has 0 heterocycles. The summed E-state index contributed by atoms with van der Waals surface area (Å²) in [6.07, 6.45) is 3.08. The van der Waals surface area contributed by atoms with E-state index in [4.69, 9.17) is 4.79 Å². The van der Waals surface area contributed by atoms with Gasteiger partial charge in [0, 0.05) is 0 Å². The SMILES string of the molecule is C=CC=O.CC.CCC. The first-order valence-electron chi connectivity index (χ1n) is 3.39. The van der Waals surface area contributed by atoms with Crippen molar-refractivity contribution in [2.45, 2.75) is 34.1 Å². The van der Waals surface area contributed by atoms with Crippen LogP contribution >= 0.6 is 0 Å². The van der Waals surface area contributed by atoms with E-state index in [0.29, 0.717) is 6.29 Å². The molecule has 0 aliphatic carbocycles. The van der Waals surface area contributed by atoms with Gasteiger partial charge in [0.05, 0.1) is 0 Å². The highest BCUT2D eigenvalue weighted by Crippen LogP contribution is 1.56. The van der Waals surface area contributed by atoms with E-state index in [0.717, 1.165) is 0 Å². The van der Waals surface area contributed by atoms with Crippen molar-refractivity contribution in [1.29, 1.82) is 0 Å². The van der Waals surface area contributed by atoms with Crippen LogP contribution in [0.2, 0.25) is 0 Å². The standard InChI is InChI=1S/C3H4O.C3H8.C2H6/c1-2-3-4;1-3-2;1-2/h2-3H,1H2;3H2,1-2H3;1-2H3. The molecule has 0 spiro atoms. The Hall–Kier alpha value is -0.590. The third kappa shape index (κ3) is 1290. The zero-order valence-corrected chi connectivity index (χ0v) is 6.98. The molecule has 0 atom stereocenters. The molecule has 9 heavy (non-hydrogen) atoms. The van der Waals surface area contributed by atoms with Crippen molar-refractivity contribution in [3.8, 4) is 0 Å². The van der Waals surface area contributed by atoms with E-state index in [-0.39, 0.29) is 0 Å². The van der Waals surface area contributed by atoms with E-state index < -0.39 is 0 Å². The van der Waals surface area contributed by atoms with Crippen LogP contribution in [0.5, 0.6) is 0 Å². The van der Waals surface area contributed by atoms with Crippen LogP contribution in [0.4, 0.5) is 0 Å². The molecule has 1 nitrogen and oxygen atoms in total. The average molecular weight is 130 g/mol. The number of hydrogen-bond donors (Lipinski definition) is 0. The molecule has 56 valence electrons. The van der Waals surface area contributed by atoms with Crippen LogP contribution in [0, 0.1) is 0 Å². The summed E-state index contributed by atoms with van der Waals surface area (Å²) in [6, 6.07) is 0. The molecule has 0 radical (unpaired) electrons. The molecule has 0 N–H and O–H groups in total. The maximum absolute atomic E-state index is 9.06. The summed E-state index contributed by atoms with van der Waals surface area (Å²) < 4.78 is 0. The number of allylic oxidation sites excluding steroid dienone is 1. The topological polar surface area (TPSA) is 17.1 Å². The van der Waals surface area contributed by atoms with Crippen molar-refractivity contribution in [3.05, 3.63) is 12.7 Å². The predicted molar refractivity (Wildman–Crippen MR) is 43.6 cm³/mol.